The van der Waals surface area contributed by atoms with E-state index in [9.17, 15) is 4.79 Å². The highest BCUT2D eigenvalue weighted by Gasteiger charge is 2.18. The first-order chi connectivity index (χ1) is 11.7. The molecule has 0 amide bonds. The second-order valence-electron chi connectivity index (χ2n) is 6.11. The molecule has 3 aromatic rings. The van der Waals surface area contributed by atoms with Crippen molar-refractivity contribution in [3.63, 3.8) is 0 Å². The highest BCUT2D eigenvalue weighted by Crippen LogP contribution is 2.30. The second-order valence-corrected chi connectivity index (χ2v) is 6.11. The van der Waals surface area contributed by atoms with E-state index in [4.69, 9.17) is 9.15 Å². The van der Waals surface area contributed by atoms with Crippen molar-refractivity contribution in [2.75, 3.05) is 18.6 Å². The first-order valence-corrected chi connectivity index (χ1v) is 8.18. The maximum atomic E-state index is 12.0. The molecule has 2 heterocycles. The number of hydrogen-bond acceptors (Lipinski definition) is 4. The quantitative estimate of drug-likeness (QED) is 0.689. The van der Waals surface area contributed by atoms with E-state index in [1.807, 2.05) is 12.1 Å². The molecule has 1 aromatic heterocycles. The summed E-state index contributed by atoms with van der Waals surface area (Å²) >= 11 is 0. The van der Waals surface area contributed by atoms with Gasteiger partial charge in [0, 0.05) is 36.3 Å². The molecule has 0 aliphatic carbocycles. The van der Waals surface area contributed by atoms with Crippen molar-refractivity contribution < 1.29 is 9.15 Å². The molecule has 1 aliphatic heterocycles. The van der Waals surface area contributed by atoms with Crippen molar-refractivity contribution in [2.45, 2.75) is 19.4 Å². The number of aryl methyl sites for hydroxylation is 1. The first-order valence-electron chi connectivity index (χ1n) is 8.18. The van der Waals surface area contributed by atoms with E-state index in [-0.39, 0.29) is 5.63 Å². The highest BCUT2D eigenvalue weighted by atomic mass is 16.5. The van der Waals surface area contributed by atoms with E-state index >= 15 is 0 Å². The van der Waals surface area contributed by atoms with Crippen LogP contribution in [0.2, 0.25) is 0 Å². The van der Waals surface area contributed by atoms with Crippen LogP contribution >= 0.6 is 0 Å². The zero-order valence-corrected chi connectivity index (χ0v) is 13.6. The summed E-state index contributed by atoms with van der Waals surface area (Å²) in [7, 11) is 1.60. The zero-order valence-electron chi connectivity index (χ0n) is 13.6. The van der Waals surface area contributed by atoms with Crippen LogP contribution in [0.15, 0.2) is 57.7 Å². The zero-order chi connectivity index (χ0) is 16.5. The molecule has 2 aromatic carbocycles. The van der Waals surface area contributed by atoms with Gasteiger partial charge in [-0.2, -0.15) is 0 Å². The van der Waals surface area contributed by atoms with Gasteiger partial charge in [0.2, 0.25) is 0 Å². The maximum Gasteiger partial charge on any atom is 0.336 e. The van der Waals surface area contributed by atoms with Gasteiger partial charge in [0.1, 0.15) is 11.3 Å². The van der Waals surface area contributed by atoms with Crippen molar-refractivity contribution in [2.24, 2.45) is 0 Å². The topological polar surface area (TPSA) is 42.7 Å². The smallest absolute Gasteiger partial charge is 0.336 e. The molecule has 0 saturated heterocycles. The van der Waals surface area contributed by atoms with E-state index in [0.717, 1.165) is 30.3 Å². The van der Waals surface area contributed by atoms with Gasteiger partial charge in [-0.05, 0) is 42.2 Å². The Kier molecular flexibility index (Phi) is 3.73. The monoisotopic (exact) mass is 321 g/mol. The minimum Gasteiger partial charge on any atom is -0.497 e. The number of fused-ring (bicyclic) bond motifs is 2. The number of nitrogens with zero attached hydrogens (tertiary/aromatic N) is 1. The molecule has 24 heavy (non-hydrogen) atoms. The Morgan fingerprint density at radius 1 is 1.17 bits per heavy atom. The molecular formula is C20H19NO3. The third kappa shape index (κ3) is 2.64. The molecular weight excluding hydrogens is 302 g/mol. The van der Waals surface area contributed by atoms with Crippen LogP contribution in [0, 0.1) is 0 Å². The van der Waals surface area contributed by atoms with E-state index < -0.39 is 0 Å². The van der Waals surface area contributed by atoms with Crippen LogP contribution in [0.4, 0.5) is 5.69 Å². The summed E-state index contributed by atoms with van der Waals surface area (Å²) < 4.78 is 10.6. The minimum atomic E-state index is -0.323. The molecule has 4 nitrogen and oxygen atoms in total. The van der Waals surface area contributed by atoms with Gasteiger partial charge in [0.15, 0.2) is 0 Å². The molecule has 0 bridgehead atoms. The van der Waals surface area contributed by atoms with E-state index in [0.29, 0.717) is 17.9 Å². The fraction of sp³-hybridized carbons (Fsp3) is 0.250. The predicted octanol–water partition coefficient (Wildman–Crippen LogP) is 3.75. The number of benzene rings is 2. The first kappa shape index (κ1) is 14.8. The lowest BCUT2D eigenvalue weighted by Gasteiger charge is -2.31. The van der Waals surface area contributed by atoms with Crippen LogP contribution in [0.5, 0.6) is 5.75 Å². The Labute approximate surface area is 140 Å². The standard InChI is InChI=1S/C20H19NO3/c1-23-16-8-9-17-15(11-20(22)24-19(17)12-16)13-21-10-4-6-14-5-2-3-7-18(14)21/h2-3,5,7-9,11-12H,4,6,10,13H2,1H3. The number of para-hydroxylation sites is 1. The van der Waals surface area contributed by atoms with Crippen molar-refractivity contribution in [1.29, 1.82) is 0 Å². The SMILES string of the molecule is COc1ccc2c(CN3CCCc4ccccc43)cc(=O)oc2c1. The van der Waals surface area contributed by atoms with Crippen LogP contribution < -0.4 is 15.3 Å². The van der Waals surface area contributed by atoms with Crippen molar-refractivity contribution in [1.82, 2.24) is 0 Å². The van der Waals surface area contributed by atoms with Gasteiger partial charge < -0.3 is 14.1 Å². The van der Waals surface area contributed by atoms with E-state index in [1.54, 1.807) is 19.2 Å². The van der Waals surface area contributed by atoms with Crippen LogP contribution in [-0.4, -0.2) is 13.7 Å². The van der Waals surface area contributed by atoms with Gasteiger partial charge in [-0.3, -0.25) is 0 Å². The Hall–Kier alpha value is -2.75. The average molecular weight is 321 g/mol. The number of hydrogen-bond donors (Lipinski definition) is 0. The van der Waals surface area contributed by atoms with E-state index in [2.05, 4.69) is 29.2 Å². The number of methoxy groups -OCH3 is 1. The normalized spacial score (nSPS) is 13.8. The second kappa shape index (κ2) is 6.04. The molecule has 0 fully saturated rings. The van der Waals surface area contributed by atoms with Crippen LogP contribution in [0.3, 0.4) is 0 Å². The lowest BCUT2D eigenvalue weighted by molar-refractivity contribution is 0.414. The Balaban J connectivity index is 1.77. The third-order valence-corrected chi connectivity index (χ3v) is 4.61. The summed E-state index contributed by atoms with van der Waals surface area (Å²) in [6.07, 6.45) is 2.24. The van der Waals surface area contributed by atoms with Gasteiger partial charge in [0.25, 0.3) is 0 Å². The number of ether oxygens (including phenoxy) is 1. The largest absolute Gasteiger partial charge is 0.497 e. The summed E-state index contributed by atoms with van der Waals surface area (Å²) in [6, 6.07) is 15.7. The van der Waals surface area contributed by atoms with Crippen molar-refractivity contribution >= 4 is 16.7 Å². The number of anilines is 1. The van der Waals surface area contributed by atoms with Gasteiger partial charge in [-0.15, -0.1) is 0 Å². The summed E-state index contributed by atoms with van der Waals surface area (Å²) in [6.45, 7) is 1.69. The van der Waals surface area contributed by atoms with Crippen LogP contribution in [0.25, 0.3) is 11.0 Å². The molecule has 0 atom stereocenters. The van der Waals surface area contributed by atoms with Gasteiger partial charge in [0.05, 0.1) is 7.11 Å². The Bertz CT molecular complexity index is 945. The highest BCUT2D eigenvalue weighted by molar-refractivity contribution is 5.82. The molecule has 1 aliphatic rings. The van der Waals surface area contributed by atoms with Crippen LogP contribution in [-0.2, 0) is 13.0 Å². The number of rotatable bonds is 3. The van der Waals surface area contributed by atoms with Gasteiger partial charge >= 0.3 is 5.63 Å². The molecule has 0 N–H and O–H groups in total. The lowest BCUT2D eigenvalue weighted by Crippen LogP contribution is -2.29. The maximum absolute atomic E-state index is 12.0. The molecule has 0 spiro atoms. The lowest BCUT2D eigenvalue weighted by atomic mass is 10.0. The fourth-order valence-corrected chi connectivity index (χ4v) is 3.45. The van der Waals surface area contributed by atoms with Gasteiger partial charge in [-0.25, -0.2) is 4.79 Å². The average Bonchev–Trinajstić information content (AvgIpc) is 2.61. The predicted molar refractivity (Wildman–Crippen MR) is 94.8 cm³/mol. The van der Waals surface area contributed by atoms with Crippen LogP contribution in [0.1, 0.15) is 17.5 Å². The molecule has 4 heteroatoms. The molecule has 0 unspecified atom stereocenters. The minimum absolute atomic E-state index is 0.323. The fourth-order valence-electron chi connectivity index (χ4n) is 3.45. The molecule has 0 radical (unpaired) electrons. The summed E-state index contributed by atoms with van der Waals surface area (Å²) in [5, 5.41) is 0.957. The Morgan fingerprint density at radius 2 is 2.04 bits per heavy atom. The van der Waals surface area contributed by atoms with Gasteiger partial charge in [-0.1, -0.05) is 18.2 Å². The van der Waals surface area contributed by atoms with Crippen molar-refractivity contribution in [3.8, 4) is 5.75 Å². The Morgan fingerprint density at radius 3 is 2.92 bits per heavy atom. The third-order valence-electron chi connectivity index (χ3n) is 4.61. The van der Waals surface area contributed by atoms with E-state index in [1.165, 1.54) is 11.3 Å². The summed E-state index contributed by atoms with van der Waals surface area (Å²) in [4.78, 5) is 14.3. The van der Waals surface area contributed by atoms with Crippen molar-refractivity contribution in [3.05, 3.63) is 70.1 Å². The molecule has 4 rings (SSSR count). The molecule has 0 saturated carbocycles. The summed E-state index contributed by atoms with van der Waals surface area (Å²) in [5.41, 5.74) is 3.87. The summed E-state index contributed by atoms with van der Waals surface area (Å²) in [5.74, 6) is 0.686. The molecule has 122 valence electrons.